The van der Waals surface area contributed by atoms with E-state index in [4.69, 9.17) is 5.73 Å². The molecule has 180 valence electrons. The lowest BCUT2D eigenvalue weighted by Crippen LogP contribution is -2.60. The quantitative estimate of drug-likeness (QED) is 0.635. The zero-order valence-corrected chi connectivity index (χ0v) is 19.1. The first-order valence-electron chi connectivity index (χ1n) is 11.3. The van der Waals surface area contributed by atoms with Gasteiger partial charge in [0.05, 0.1) is 11.1 Å². The number of pyridine rings is 2. The third-order valence-electron chi connectivity index (χ3n) is 6.41. The number of ketones is 1. The van der Waals surface area contributed by atoms with Crippen molar-refractivity contribution in [1.29, 1.82) is 0 Å². The molecule has 3 N–H and O–H groups in total. The van der Waals surface area contributed by atoms with Gasteiger partial charge in [0.25, 0.3) is 0 Å². The van der Waals surface area contributed by atoms with Crippen LogP contribution in [-0.2, 0) is 6.18 Å². The molecule has 0 spiro atoms. The fourth-order valence-corrected chi connectivity index (χ4v) is 4.44. The Morgan fingerprint density at radius 2 is 2.00 bits per heavy atom. The van der Waals surface area contributed by atoms with Crippen LogP contribution >= 0.6 is 0 Å². The Labute approximate surface area is 196 Å². The largest absolute Gasteiger partial charge is 0.418 e. The molecular weight excluding hydrogens is 443 g/mol. The van der Waals surface area contributed by atoms with E-state index in [2.05, 4.69) is 41.3 Å². The van der Waals surface area contributed by atoms with Gasteiger partial charge in [-0.3, -0.25) is 4.79 Å². The van der Waals surface area contributed by atoms with Crippen LogP contribution in [0.15, 0.2) is 54.8 Å². The predicted octanol–water partition coefficient (Wildman–Crippen LogP) is 4.24. The maximum Gasteiger partial charge on any atom is 0.418 e. The van der Waals surface area contributed by atoms with Crippen molar-refractivity contribution in [2.75, 3.05) is 23.7 Å². The molecule has 3 atom stereocenters. The second kappa shape index (κ2) is 9.58. The number of allylic oxidation sites excluding steroid dienone is 3. The molecular formula is C25H28F3N5O. The predicted molar refractivity (Wildman–Crippen MR) is 125 cm³/mol. The molecule has 2 aromatic rings. The van der Waals surface area contributed by atoms with Gasteiger partial charge in [-0.05, 0) is 42.5 Å². The number of hydrogen-bond acceptors (Lipinski definition) is 6. The Hall–Kier alpha value is -3.20. The number of anilines is 2. The average molecular weight is 472 g/mol. The Bertz CT molecular complexity index is 1110. The van der Waals surface area contributed by atoms with Crippen LogP contribution in [0.25, 0.3) is 0 Å². The molecule has 1 fully saturated rings. The monoisotopic (exact) mass is 471 g/mol. The van der Waals surface area contributed by atoms with Crippen molar-refractivity contribution >= 4 is 17.4 Å². The van der Waals surface area contributed by atoms with E-state index in [1.54, 1.807) is 0 Å². The summed E-state index contributed by atoms with van der Waals surface area (Å²) < 4.78 is 41.4. The normalized spacial score (nSPS) is 22.9. The molecule has 3 heterocycles. The molecule has 1 saturated heterocycles. The topological polar surface area (TPSA) is 84.1 Å². The number of alkyl halides is 3. The number of rotatable bonds is 5. The van der Waals surface area contributed by atoms with Crippen LogP contribution < -0.4 is 16.0 Å². The van der Waals surface area contributed by atoms with Crippen molar-refractivity contribution in [1.82, 2.24) is 15.3 Å². The van der Waals surface area contributed by atoms with E-state index in [9.17, 15) is 18.0 Å². The molecule has 2 aromatic heterocycles. The van der Waals surface area contributed by atoms with Crippen molar-refractivity contribution in [3.63, 3.8) is 0 Å². The Kier molecular flexibility index (Phi) is 6.74. The lowest BCUT2D eigenvalue weighted by molar-refractivity contribution is -0.138. The van der Waals surface area contributed by atoms with Crippen LogP contribution in [0, 0.1) is 11.8 Å². The number of piperazine rings is 1. The van der Waals surface area contributed by atoms with Crippen molar-refractivity contribution in [3.05, 3.63) is 71.6 Å². The minimum absolute atomic E-state index is 0.0968. The third-order valence-corrected chi connectivity index (χ3v) is 6.41. The fraction of sp³-hybridized carbons (Fsp3) is 0.400. The number of nitrogens with one attached hydrogen (secondary N) is 1. The highest BCUT2D eigenvalue weighted by atomic mass is 19.4. The summed E-state index contributed by atoms with van der Waals surface area (Å²) in [5.74, 6) is -0.121. The molecule has 0 aromatic carbocycles. The highest BCUT2D eigenvalue weighted by Crippen LogP contribution is 2.34. The molecule has 0 saturated carbocycles. The van der Waals surface area contributed by atoms with Gasteiger partial charge in [0.2, 0.25) is 5.78 Å². The molecule has 2 aliphatic rings. The first-order chi connectivity index (χ1) is 16.1. The summed E-state index contributed by atoms with van der Waals surface area (Å²) >= 11 is 0. The molecule has 6 nitrogen and oxygen atoms in total. The summed E-state index contributed by atoms with van der Waals surface area (Å²) in [5.41, 5.74) is 3.93. The second-order valence-electron chi connectivity index (χ2n) is 9.07. The maximum atomic E-state index is 13.8. The second-order valence-corrected chi connectivity index (χ2v) is 9.07. The minimum atomic E-state index is -4.74. The maximum absolute atomic E-state index is 13.8. The summed E-state index contributed by atoms with van der Waals surface area (Å²) in [6.07, 6.45) is 5.82. The van der Waals surface area contributed by atoms with Gasteiger partial charge in [-0.25, -0.2) is 9.97 Å². The van der Waals surface area contributed by atoms with Crippen molar-refractivity contribution in [3.8, 4) is 0 Å². The van der Waals surface area contributed by atoms with Gasteiger partial charge in [-0.15, -0.1) is 0 Å². The number of halogens is 3. The van der Waals surface area contributed by atoms with E-state index in [0.29, 0.717) is 24.8 Å². The molecule has 0 bridgehead atoms. The van der Waals surface area contributed by atoms with E-state index >= 15 is 0 Å². The third kappa shape index (κ3) is 4.99. The minimum Gasteiger partial charge on any atom is -0.383 e. The number of aromatic nitrogens is 2. The summed E-state index contributed by atoms with van der Waals surface area (Å²) in [6.45, 7) is 5.35. The van der Waals surface area contributed by atoms with Crippen LogP contribution in [0.5, 0.6) is 0 Å². The van der Waals surface area contributed by atoms with Crippen LogP contribution in [0.1, 0.15) is 41.9 Å². The molecule has 34 heavy (non-hydrogen) atoms. The Balaban J connectivity index is 1.72. The molecule has 4 rings (SSSR count). The summed E-state index contributed by atoms with van der Waals surface area (Å²) in [7, 11) is 0. The van der Waals surface area contributed by atoms with Crippen molar-refractivity contribution < 1.29 is 18.0 Å². The SMILES string of the molecule is CC(C)[C@H]1CN(c2ccc(C(F)(F)F)c(C(=O)c3cccnc3N)n2)C[C@H](C2C=CC=CC2)N1. The van der Waals surface area contributed by atoms with E-state index < -0.39 is 23.2 Å². The molecule has 1 aliphatic heterocycles. The summed E-state index contributed by atoms with van der Waals surface area (Å²) in [5, 5.41) is 3.70. The summed E-state index contributed by atoms with van der Waals surface area (Å²) in [6, 6.07) is 5.32. The van der Waals surface area contributed by atoms with Crippen LogP contribution in [-0.4, -0.2) is 40.9 Å². The van der Waals surface area contributed by atoms with Gasteiger partial charge >= 0.3 is 6.18 Å². The molecule has 9 heteroatoms. The van der Waals surface area contributed by atoms with Crippen molar-refractivity contribution in [2.45, 2.75) is 38.5 Å². The number of hydrogen-bond donors (Lipinski definition) is 2. The van der Waals surface area contributed by atoms with Gasteiger partial charge in [0.15, 0.2) is 0 Å². The lowest BCUT2D eigenvalue weighted by Gasteiger charge is -2.43. The van der Waals surface area contributed by atoms with Gasteiger partial charge in [0.1, 0.15) is 17.3 Å². The fourth-order valence-electron chi connectivity index (χ4n) is 4.44. The smallest absolute Gasteiger partial charge is 0.383 e. The van der Waals surface area contributed by atoms with E-state index in [-0.39, 0.29) is 29.4 Å². The van der Waals surface area contributed by atoms with E-state index in [1.165, 1.54) is 24.4 Å². The molecule has 1 aliphatic carbocycles. The Morgan fingerprint density at radius 1 is 1.21 bits per heavy atom. The number of nitrogens with zero attached hydrogens (tertiary/aromatic N) is 3. The zero-order valence-electron chi connectivity index (χ0n) is 19.1. The van der Waals surface area contributed by atoms with Crippen LogP contribution in [0.2, 0.25) is 0 Å². The number of nitrogen functional groups attached to an aromatic ring is 1. The first kappa shape index (κ1) is 23.9. The van der Waals surface area contributed by atoms with E-state index in [0.717, 1.165) is 12.5 Å². The van der Waals surface area contributed by atoms with Gasteiger partial charge in [0, 0.05) is 31.4 Å². The standard InChI is InChI=1S/C25H28F3N5O/c1-15(2)19-13-33(14-20(31-19)16-7-4-3-5-8-16)21-11-10-18(25(26,27)28)22(32-21)23(34)17-9-6-12-30-24(17)29/h3-7,9-12,15-16,19-20,31H,8,13-14H2,1-2H3,(H2,29,30)/t16?,19-,20-/m1/s1. The number of carbonyl (C=O) groups is 1. The lowest BCUT2D eigenvalue weighted by atomic mass is 9.88. The number of carbonyl (C=O) groups excluding carboxylic acids is 1. The Morgan fingerprint density at radius 3 is 2.65 bits per heavy atom. The molecule has 0 radical (unpaired) electrons. The van der Waals surface area contributed by atoms with Gasteiger partial charge < -0.3 is 16.0 Å². The highest BCUT2D eigenvalue weighted by molar-refractivity contribution is 6.11. The van der Waals surface area contributed by atoms with Crippen molar-refractivity contribution in [2.24, 2.45) is 11.8 Å². The van der Waals surface area contributed by atoms with Gasteiger partial charge in [-0.1, -0.05) is 38.2 Å². The zero-order chi connectivity index (χ0) is 24.5. The highest BCUT2D eigenvalue weighted by Gasteiger charge is 2.38. The van der Waals surface area contributed by atoms with E-state index in [1.807, 2.05) is 17.1 Å². The summed E-state index contributed by atoms with van der Waals surface area (Å²) in [4.78, 5) is 23.2. The van der Waals surface area contributed by atoms with Crippen LogP contribution in [0.4, 0.5) is 24.8 Å². The first-order valence-corrected chi connectivity index (χ1v) is 11.3. The molecule has 1 unspecified atom stereocenters. The molecule has 0 amide bonds. The van der Waals surface area contributed by atoms with Crippen LogP contribution in [0.3, 0.4) is 0 Å². The number of nitrogens with two attached hydrogens (primary N) is 1. The average Bonchev–Trinajstić information content (AvgIpc) is 2.83. The van der Waals surface area contributed by atoms with Gasteiger partial charge in [-0.2, -0.15) is 13.2 Å².